The summed E-state index contributed by atoms with van der Waals surface area (Å²) in [5.41, 5.74) is 25.4. The first kappa shape index (κ1) is 41.2. The van der Waals surface area contributed by atoms with Gasteiger partial charge in [0.2, 0.25) is 17.7 Å². The Kier molecular flexibility index (Phi) is 16.0. The van der Waals surface area contributed by atoms with Gasteiger partial charge < -0.3 is 68.8 Å². The molecule has 2 heterocycles. The molecule has 0 spiro atoms. The molecule has 0 bridgehead atoms. The van der Waals surface area contributed by atoms with Gasteiger partial charge in [-0.15, -0.1) is 0 Å². The van der Waals surface area contributed by atoms with Crippen molar-refractivity contribution >= 4 is 43.9 Å². The van der Waals surface area contributed by atoms with E-state index in [0.29, 0.717) is 25.7 Å². The van der Waals surface area contributed by atoms with Gasteiger partial charge in [-0.2, -0.15) is 0 Å². The lowest BCUT2D eigenvalue weighted by molar-refractivity contribution is -0.145. The number of carbonyl (C=O) groups is 5. The van der Waals surface area contributed by atoms with Crippen LogP contribution in [-0.2, 0) is 24.0 Å². The number of nitrogens with zero attached hydrogens (tertiary/aromatic N) is 2. The number of amides is 3. The molecule has 2 rings (SSSR count). The summed E-state index contributed by atoms with van der Waals surface area (Å²) < 4.78 is 0. The predicted octanol–water partition coefficient (Wildman–Crippen LogP) is -4.46. The van der Waals surface area contributed by atoms with Gasteiger partial charge in [0.1, 0.15) is 11.1 Å². The van der Waals surface area contributed by atoms with Crippen LogP contribution in [-0.4, -0.2) is 133 Å². The van der Waals surface area contributed by atoms with E-state index in [1.165, 1.54) is 9.80 Å². The van der Waals surface area contributed by atoms with Crippen molar-refractivity contribution in [3.8, 4) is 0 Å². The van der Waals surface area contributed by atoms with Crippen LogP contribution in [0.4, 0.5) is 0 Å². The van der Waals surface area contributed by atoms with Gasteiger partial charge in [-0.1, -0.05) is 33.1 Å². The summed E-state index contributed by atoms with van der Waals surface area (Å²) >= 11 is 0. The predicted molar refractivity (Wildman–Crippen MR) is 167 cm³/mol. The molecule has 2 aliphatic heterocycles. The second-order valence-corrected chi connectivity index (χ2v) is 12.5. The van der Waals surface area contributed by atoms with E-state index in [0.717, 1.165) is 6.42 Å². The highest BCUT2D eigenvalue weighted by atomic mass is 16.4. The lowest BCUT2D eigenvalue weighted by Gasteiger charge is -2.26. The lowest BCUT2D eigenvalue weighted by Crippen LogP contribution is -2.55. The van der Waals surface area contributed by atoms with Crippen LogP contribution in [0.1, 0.15) is 52.4 Å². The van der Waals surface area contributed by atoms with Crippen LogP contribution in [0.25, 0.3) is 0 Å². The highest BCUT2D eigenvalue weighted by Crippen LogP contribution is 2.32. The fraction of sp³-hybridized carbons (Fsp3) is 0.808. The summed E-state index contributed by atoms with van der Waals surface area (Å²) in [6, 6.07) is -1.81. The van der Waals surface area contributed by atoms with Gasteiger partial charge >= 0.3 is 26.2 Å². The topological polar surface area (TPSA) is 343 Å². The lowest BCUT2D eigenvalue weighted by atomic mass is 9.78. The standard InChI is InChI=1S/C14H28BN3O5.C12H23BN4O6/c1-3-9(2)11(16)12(19)18-7-10(5-4-6-15(22)23)14(17,8-18)13(20)21;14-8(4-9(15)18)10(19)17-5-7(2-1-3-13(22)23)12(16,6-17)11(20)21/h9-11,22-23H,3-8,16-17H2,1-2H3,(H,20,21);7-8,22-23H,1-6,14,16H2,(H2,15,18)(H,20,21)/t9-,10-,11-,14-;7-,8-,12-/m00/s1. The molecule has 0 aromatic rings. The number of primary amides is 1. The summed E-state index contributed by atoms with van der Waals surface area (Å²) in [6.45, 7) is 3.83. The molecule has 16 N–H and O–H groups in total. The molecular weight excluding hydrogens is 608 g/mol. The Balaban J connectivity index is 0.000000460. The van der Waals surface area contributed by atoms with Crippen LogP contribution in [0.5, 0.6) is 0 Å². The van der Waals surface area contributed by atoms with Gasteiger partial charge in [0, 0.05) is 38.0 Å². The van der Waals surface area contributed by atoms with E-state index >= 15 is 0 Å². The Hall–Kier alpha value is -2.84. The van der Waals surface area contributed by atoms with Crippen molar-refractivity contribution in [1.82, 2.24) is 9.80 Å². The van der Waals surface area contributed by atoms with E-state index in [1.807, 2.05) is 13.8 Å². The Bertz CT molecular complexity index is 1080. The van der Waals surface area contributed by atoms with Crippen molar-refractivity contribution in [2.45, 2.75) is 88.2 Å². The van der Waals surface area contributed by atoms with Gasteiger partial charge in [-0.3, -0.25) is 24.0 Å². The maximum atomic E-state index is 12.5. The average molecular weight is 659 g/mol. The van der Waals surface area contributed by atoms with Crippen LogP contribution in [0.3, 0.4) is 0 Å². The SMILES string of the molecule is CC[C@H](C)[C@H](N)C(=O)N1C[C@H](CCCB(O)O)[C@](N)(C(=O)O)C1.NC(=O)C[C@H](N)C(=O)N1C[C@H](CCCB(O)O)[C@](N)(C(=O)O)C1. The van der Waals surface area contributed by atoms with E-state index in [9.17, 15) is 34.2 Å². The van der Waals surface area contributed by atoms with E-state index in [4.69, 9.17) is 48.8 Å². The molecule has 0 saturated carbocycles. The van der Waals surface area contributed by atoms with Crippen molar-refractivity contribution in [3.05, 3.63) is 0 Å². The molecule has 20 heteroatoms. The van der Waals surface area contributed by atoms with Crippen LogP contribution in [0.15, 0.2) is 0 Å². The zero-order chi connectivity index (χ0) is 35.6. The summed E-state index contributed by atoms with van der Waals surface area (Å²) in [5, 5.41) is 54.3. The molecule has 0 aromatic carbocycles. The molecule has 2 saturated heterocycles. The van der Waals surface area contributed by atoms with Crippen molar-refractivity contribution in [2.24, 2.45) is 46.4 Å². The first-order chi connectivity index (χ1) is 21.2. The number of carboxylic acid groups (broad SMARTS) is 2. The quantitative estimate of drug-likeness (QED) is 0.0696. The third-order valence-corrected chi connectivity index (χ3v) is 8.97. The van der Waals surface area contributed by atoms with Crippen LogP contribution >= 0.6 is 0 Å². The maximum absolute atomic E-state index is 12.5. The molecule has 262 valence electrons. The molecule has 3 amide bonds. The minimum atomic E-state index is -1.64. The first-order valence-corrected chi connectivity index (χ1v) is 15.3. The molecular formula is C26H51B2N7O11. The van der Waals surface area contributed by atoms with E-state index < -0.39 is 73.0 Å². The molecule has 7 atom stereocenters. The highest BCUT2D eigenvalue weighted by molar-refractivity contribution is 6.41. The third kappa shape index (κ3) is 11.2. The van der Waals surface area contributed by atoms with Crippen molar-refractivity contribution in [3.63, 3.8) is 0 Å². The van der Waals surface area contributed by atoms with E-state index in [2.05, 4.69) is 0 Å². The third-order valence-electron chi connectivity index (χ3n) is 8.97. The second-order valence-electron chi connectivity index (χ2n) is 12.5. The van der Waals surface area contributed by atoms with Gasteiger partial charge in [-0.05, 0) is 31.4 Å². The number of likely N-dealkylation sites (tertiary alicyclic amines) is 2. The zero-order valence-corrected chi connectivity index (χ0v) is 26.5. The summed E-state index contributed by atoms with van der Waals surface area (Å²) in [4.78, 5) is 61.2. The van der Waals surface area contributed by atoms with Crippen LogP contribution in [0, 0.1) is 17.8 Å². The van der Waals surface area contributed by atoms with Gasteiger partial charge in [0.05, 0.1) is 18.5 Å². The number of aliphatic carboxylic acids is 2. The molecule has 0 aromatic heterocycles. The van der Waals surface area contributed by atoms with Gasteiger partial charge in [0.25, 0.3) is 0 Å². The Morgan fingerprint density at radius 1 is 0.804 bits per heavy atom. The Morgan fingerprint density at radius 2 is 1.20 bits per heavy atom. The van der Waals surface area contributed by atoms with E-state index in [1.54, 1.807) is 0 Å². The average Bonchev–Trinajstić information content (AvgIpc) is 3.49. The zero-order valence-electron chi connectivity index (χ0n) is 26.5. The smallest absolute Gasteiger partial charge is 0.451 e. The summed E-state index contributed by atoms with van der Waals surface area (Å²) in [6.07, 6.45) is 2.15. The van der Waals surface area contributed by atoms with Crippen molar-refractivity contribution < 1.29 is 54.3 Å². The van der Waals surface area contributed by atoms with Crippen molar-refractivity contribution in [2.75, 3.05) is 26.2 Å². The molecule has 0 unspecified atom stereocenters. The highest BCUT2D eigenvalue weighted by Gasteiger charge is 2.52. The molecule has 2 fully saturated rings. The summed E-state index contributed by atoms with van der Waals surface area (Å²) in [5.74, 6) is -4.97. The Morgan fingerprint density at radius 3 is 1.52 bits per heavy atom. The number of nitrogens with two attached hydrogens (primary N) is 5. The second kappa shape index (κ2) is 17.9. The maximum Gasteiger partial charge on any atom is 0.451 e. The molecule has 46 heavy (non-hydrogen) atoms. The van der Waals surface area contributed by atoms with Crippen LogP contribution < -0.4 is 28.7 Å². The fourth-order valence-electron chi connectivity index (χ4n) is 5.74. The normalized spacial score (nSPS) is 26.0. The molecule has 0 aliphatic carbocycles. The number of rotatable bonds is 16. The Labute approximate surface area is 268 Å². The number of carbonyl (C=O) groups excluding carboxylic acids is 3. The monoisotopic (exact) mass is 659 g/mol. The van der Waals surface area contributed by atoms with E-state index in [-0.39, 0.29) is 57.1 Å². The number of hydrogen-bond acceptors (Lipinski definition) is 13. The van der Waals surface area contributed by atoms with Gasteiger partial charge in [-0.25, -0.2) is 0 Å². The largest absolute Gasteiger partial charge is 0.480 e. The molecule has 0 radical (unpaired) electrons. The first-order valence-electron chi connectivity index (χ1n) is 15.3. The van der Waals surface area contributed by atoms with Crippen LogP contribution in [0.2, 0.25) is 12.6 Å². The summed E-state index contributed by atoms with van der Waals surface area (Å²) in [7, 11) is -2.90. The number of hydrogen-bond donors (Lipinski definition) is 11. The molecule has 18 nitrogen and oxygen atoms in total. The minimum Gasteiger partial charge on any atom is -0.480 e. The molecule has 2 aliphatic rings. The number of carboxylic acids is 2. The van der Waals surface area contributed by atoms with Crippen molar-refractivity contribution in [1.29, 1.82) is 0 Å². The minimum absolute atomic E-state index is 0.00286. The van der Waals surface area contributed by atoms with Gasteiger partial charge in [0.15, 0.2) is 0 Å². The fourth-order valence-corrected chi connectivity index (χ4v) is 5.74.